The van der Waals surface area contributed by atoms with E-state index in [1.165, 1.54) is 35.9 Å². The molecule has 6 heteroatoms. The van der Waals surface area contributed by atoms with Crippen LogP contribution in [0.25, 0.3) is 0 Å². The maximum Gasteiger partial charge on any atom is 0.233 e. The summed E-state index contributed by atoms with van der Waals surface area (Å²) < 4.78 is 0.878. The summed E-state index contributed by atoms with van der Waals surface area (Å²) in [6, 6.07) is 0. The minimum absolute atomic E-state index is 0.238. The van der Waals surface area contributed by atoms with Crippen LogP contribution in [-0.4, -0.2) is 39.8 Å². The van der Waals surface area contributed by atoms with Crippen LogP contribution in [0.3, 0.4) is 0 Å². The zero-order chi connectivity index (χ0) is 11.2. The van der Waals surface area contributed by atoms with Crippen LogP contribution in [0.4, 0.5) is 0 Å². The SMILES string of the molecule is O=C(CSc1nncs1)N1CCCCCC1. The molecule has 1 saturated heterocycles. The molecule has 0 saturated carbocycles. The topological polar surface area (TPSA) is 46.1 Å². The number of nitrogens with zero attached hydrogens (tertiary/aromatic N) is 3. The Morgan fingerprint density at radius 2 is 2.12 bits per heavy atom. The van der Waals surface area contributed by atoms with Crippen molar-refractivity contribution < 1.29 is 4.79 Å². The van der Waals surface area contributed by atoms with E-state index in [1.54, 1.807) is 5.51 Å². The number of carbonyl (C=O) groups is 1. The predicted octanol–water partition coefficient (Wildman–Crippen LogP) is 2.03. The number of thioether (sulfide) groups is 1. The van der Waals surface area contributed by atoms with Gasteiger partial charge in [0.05, 0.1) is 5.75 Å². The van der Waals surface area contributed by atoms with Crippen LogP contribution in [0.15, 0.2) is 9.85 Å². The first-order valence-corrected chi connectivity index (χ1v) is 7.39. The van der Waals surface area contributed by atoms with Crippen molar-refractivity contribution in [3.63, 3.8) is 0 Å². The van der Waals surface area contributed by atoms with Crippen molar-refractivity contribution in [3.8, 4) is 0 Å². The van der Waals surface area contributed by atoms with Gasteiger partial charge >= 0.3 is 0 Å². The summed E-state index contributed by atoms with van der Waals surface area (Å²) in [6.07, 6.45) is 4.81. The van der Waals surface area contributed by atoms with Crippen molar-refractivity contribution in [1.29, 1.82) is 0 Å². The van der Waals surface area contributed by atoms with Crippen LogP contribution in [0, 0.1) is 0 Å². The Morgan fingerprint density at radius 1 is 1.38 bits per heavy atom. The van der Waals surface area contributed by atoms with Gasteiger partial charge in [-0.2, -0.15) is 0 Å². The van der Waals surface area contributed by atoms with Gasteiger partial charge in [0.1, 0.15) is 5.51 Å². The summed E-state index contributed by atoms with van der Waals surface area (Å²) in [7, 11) is 0. The van der Waals surface area contributed by atoms with Gasteiger partial charge in [-0.05, 0) is 12.8 Å². The normalized spacial score (nSPS) is 17.1. The molecular weight excluding hydrogens is 242 g/mol. The third-order valence-corrected chi connectivity index (χ3v) is 4.46. The molecule has 1 aliphatic heterocycles. The Kier molecular flexibility index (Phi) is 4.59. The molecule has 2 heterocycles. The van der Waals surface area contributed by atoms with Gasteiger partial charge in [-0.1, -0.05) is 35.9 Å². The van der Waals surface area contributed by atoms with Crippen molar-refractivity contribution in [1.82, 2.24) is 15.1 Å². The maximum atomic E-state index is 11.9. The highest BCUT2D eigenvalue weighted by Gasteiger charge is 2.15. The summed E-state index contributed by atoms with van der Waals surface area (Å²) in [5, 5.41) is 7.66. The van der Waals surface area contributed by atoms with Gasteiger partial charge in [-0.3, -0.25) is 4.79 Å². The van der Waals surface area contributed by atoms with Gasteiger partial charge in [-0.25, -0.2) is 0 Å². The van der Waals surface area contributed by atoms with Gasteiger partial charge < -0.3 is 4.90 Å². The second-order valence-corrected chi connectivity index (χ2v) is 5.84. The van der Waals surface area contributed by atoms with Crippen LogP contribution in [-0.2, 0) is 4.79 Å². The molecule has 0 radical (unpaired) electrons. The molecule has 2 rings (SSSR count). The second-order valence-electron chi connectivity index (χ2n) is 3.79. The first-order valence-electron chi connectivity index (χ1n) is 5.53. The smallest absolute Gasteiger partial charge is 0.233 e. The highest BCUT2D eigenvalue weighted by molar-refractivity contribution is 8.01. The highest BCUT2D eigenvalue weighted by atomic mass is 32.2. The van der Waals surface area contributed by atoms with Crippen molar-refractivity contribution in [3.05, 3.63) is 5.51 Å². The molecule has 1 amide bonds. The van der Waals surface area contributed by atoms with Gasteiger partial charge in [0.25, 0.3) is 0 Å². The van der Waals surface area contributed by atoms with Crippen LogP contribution in [0.2, 0.25) is 0 Å². The van der Waals surface area contributed by atoms with Crippen LogP contribution < -0.4 is 0 Å². The Balaban J connectivity index is 1.78. The quantitative estimate of drug-likeness (QED) is 0.777. The Morgan fingerprint density at radius 3 is 2.75 bits per heavy atom. The van der Waals surface area contributed by atoms with Gasteiger partial charge in [0, 0.05) is 13.1 Å². The minimum Gasteiger partial charge on any atom is -0.342 e. The van der Waals surface area contributed by atoms with Crippen LogP contribution in [0.1, 0.15) is 25.7 Å². The molecule has 0 atom stereocenters. The molecule has 0 spiro atoms. The Hall–Kier alpha value is -0.620. The monoisotopic (exact) mass is 257 g/mol. The second kappa shape index (κ2) is 6.20. The van der Waals surface area contributed by atoms with Crippen molar-refractivity contribution in [2.75, 3.05) is 18.8 Å². The number of aromatic nitrogens is 2. The zero-order valence-electron chi connectivity index (χ0n) is 9.09. The molecular formula is C10H15N3OS2. The van der Waals surface area contributed by atoms with E-state index in [2.05, 4.69) is 10.2 Å². The fraction of sp³-hybridized carbons (Fsp3) is 0.700. The molecule has 88 valence electrons. The van der Waals surface area contributed by atoms with E-state index in [1.807, 2.05) is 4.90 Å². The lowest BCUT2D eigenvalue weighted by molar-refractivity contribution is -0.128. The first kappa shape index (κ1) is 11.9. The van der Waals surface area contributed by atoms with E-state index in [9.17, 15) is 4.79 Å². The predicted molar refractivity (Wildman–Crippen MR) is 65.7 cm³/mol. The van der Waals surface area contributed by atoms with Crippen LogP contribution in [0.5, 0.6) is 0 Å². The Bertz CT molecular complexity index is 321. The van der Waals surface area contributed by atoms with E-state index in [-0.39, 0.29) is 5.91 Å². The average molecular weight is 257 g/mol. The summed E-state index contributed by atoms with van der Waals surface area (Å²) in [5.74, 6) is 0.733. The summed E-state index contributed by atoms with van der Waals surface area (Å²) in [4.78, 5) is 13.9. The molecule has 1 aromatic rings. The van der Waals surface area contributed by atoms with Gasteiger partial charge in [0.2, 0.25) is 5.91 Å². The molecule has 4 nitrogen and oxygen atoms in total. The summed E-state index contributed by atoms with van der Waals surface area (Å²) in [6.45, 7) is 1.85. The molecule has 1 aliphatic rings. The Labute approximate surface area is 103 Å². The highest BCUT2D eigenvalue weighted by Crippen LogP contribution is 2.20. The van der Waals surface area contributed by atoms with E-state index >= 15 is 0 Å². The molecule has 0 N–H and O–H groups in total. The minimum atomic E-state index is 0.238. The summed E-state index contributed by atoms with van der Waals surface area (Å²) >= 11 is 2.98. The number of rotatable bonds is 3. The van der Waals surface area contributed by atoms with E-state index in [0.29, 0.717) is 5.75 Å². The molecule has 1 fully saturated rings. The molecule has 0 aliphatic carbocycles. The van der Waals surface area contributed by atoms with Gasteiger partial charge in [-0.15, -0.1) is 10.2 Å². The van der Waals surface area contributed by atoms with E-state index < -0.39 is 0 Å². The molecule has 0 aromatic carbocycles. The van der Waals surface area contributed by atoms with E-state index in [0.717, 1.165) is 30.3 Å². The lowest BCUT2D eigenvalue weighted by Crippen LogP contribution is -2.33. The molecule has 1 aromatic heterocycles. The number of likely N-dealkylation sites (tertiary alicyclic amines) is 1. The van der Waals surface area contributed by atoms with Crippen molar-refractivity contribution in [2.24, 2.45) is 0 Å². The van der Waals surface area contributed by atoms with Crippen molar-refractivity contribution >= 4 is 29.0 Å². The first-order chi connectivity index (χ1) is 7.86. The zero-order valence-corrected chi connectivity index (χ0v) is 10.7. The standard InChI is InChI=1S/C10H15N3OS2/c14-9(7-15-10-12-11-8-16-10)13-5-3-1-2-4-6-13/h8H,1-7H2. The third-order valence-electron chi connectivity index (χ3n) is 2.62. The third kappa shape index (κ3) is 3.45. The van der Waals surface area contributed by atoms with Gasteiger partial charge in [0.15, 0.2) is 4.34 Å². The maximum absolute atomic E-state index is 11.9. The average Bonchev–Trinajstić information content (AvgIpc) is 2.66. The summed E-state index contributed by atoms with van der Waals surface area (Å²) in [5.41, 5.74) is 1.69. The van der Waals surface area contributed by atoms with E-state index in [4.69, 9.17) is 0 Å². The lowest BCUT2D eigenvalue weighted by Gasteiger charge is -2.19. The number of hydrogen-bond donors (Lipinski definition) is 0. The lowest BCUT2D eigenvalue weighted by atomic mass is 10.2. The largest absolute Gasteiger partial charge is 0.342 e. The molecule has 16 heavy (non-hydrogen) atoms. The number of carbonyl (C=O) groups excluding carboxylic acids is 1. The fourth-order valence-corrected chi connectivity index (χ4v) is 3.15. The number of hydrogen-bond acceptors (Lipinski definition) is 5. The fourth-order valence-electron chi connectivity index (χ4n) is 1.76. The molecule has 0 bridgehead atoms. The molecule has 0 unspecified atom stereocenters. The number of amides is 1. The van der Waals surface area contributed by atoms with Crippen LogP contribution >= 0.6 is 23.1 Å². The van der Waals surface area contributed by atoms with Crippen molar-refractivity contribution in [2.45, 2.75) is 30.0 Å².